The van der Waals surface area contributed by atoms with Crippen molar-refractivity contribution in [2.75, 3.05) is 6.54 Å². The van der Waals surface area contributed by atoms with Crippen LogP contribution in [0.4, 0.5) is 0 Å². The number of aliphatic carboxylic acids is 1. The number of hydrogen-bond donors (Lipinski definition) is 4. The zero-order chi connectivity index (χ0) is 23.4. The van der Waals surface area contributed by atoms with E-state index in [0.717, 1.165) is 48.8 Å². The van der Waals surface area contributed by atoms with Crippen molar-refractivity contribution >= 4 is 11.9 Å². The molecule has 0 unspecified atom stereocenters. The van der Waals surface area contributed by atoms with Crippen LogP contribution in [0.2, 0.25) is 0 Å². The number of nitrogens with zero attached hydrogens (tertiary/aromatic N) is 1. The van der Waals surface area contributed by atoms with E-state index >= 15 is 0 Å². The number of amides is 1. The Bertz CT molecular complexity index is 1030. The number of carboxylic acids is 1. The molecule has 7 heteroatoms. The second-order valence-electron chi connectivity index (χ2n) is 8.95. The van der Waals surface area contributed by atoms with Gasteiger partial charge in [-0.25, -0.2) is 0 Å². The second kappa shape index (κ2) is 9.77. The number of nitrogens with one attached hydrogen (secondary N) is 1. The van der Waals surface area contributed by atoms with Crippen LogP contribution in [0.3, 0.4) is 0 Å². The Morgan fingerprint density at radius 2 is 1.64 bits per heavy atom. The highest BCUT2D eigenvalue weighted by molar-refractivity contribution is 5.96. The molecule has 4 N–H and O–H groups in total. The molecule has 33 heavy (non-hydrogen) atoms. The topological polar surface area (TPSA) is 110 Å². The fraction of sp³-hybridized carbons (Fsp3) is 0.385. The molecule has 1 amide bonds. The number of carbonyl (C=O) groups excluding carboxylic acids is 1. The predicted molar refractivity (Wildman–Crippen MR) is 124 cm³/mol. The number of hydrogen-bond acceptors (Lipinski definition) is 5. The fourth-order valence-corrected chi connectivity index (χ4v) is 5.06. The molecular weight excluding hydrogens is 420 g/mol. The zero-order valence-electron chi connectivity index (χ0n) is 18.5. The molecule has 1 aliphatic heterocycles. The molecule has 1 saturated carbocycles. The number of carboxylic acid groups (broad SMARTS) is 1. The van der Waals surface area contributed by atoms with Gasteiger partial charge >= 0.3 is 5.97 Å². The molecule has 0 bridgehead atoms. The monoisotopic (exact) mass is 450 g/mol. The first-order valence-corrected chi connectivity index (χ1v) is 11.4. The summed E-state index contributed by atoms with van der Waals surface area (Å²) in [5.41, 5.74) is 2.51. The van der Waals surface area contributed by atoms with E-state index < -0.39 is 30.2 Å². The third kappa shape index (κ3) is 4.94. The highest BCUT2D eigenvalue weighted by atomic mass is 16.4. The third-order valence-electron chi connectivity index (χ3n) is 6.76. The summed E-state index contributed by atoms with van der Waals surface area (Å²) >= 11 is 0. The van der Waals surface area contributed by atoms with Gasteiger partial charge in [0.15, 0.2) is 0 Å². The Hall–Kier alpha value is -3.16. The van der Waals surface area contributed by atoms with Crippen LogP contribution in [0, 0.1) is 0 Å². The van der Waals surface area contributed by atoms with E-state index in [1.54, 1.807) is 4.90 Å². The lowest BCUT2D eigenvalue weighted by molar-refractivity contribution is -0.141. The normalized spacial score (nSPS) is 19.1. The van der Waals surface area contributed by atoms with Crippen molar-refractivity contribution in [3.63, 3.8) is 0 Å². The maximum absolute atomic E-state index is 13.5. The molecule has 4 rings (SSSR count). The Labute approximate surface area is 193 Å². The SMILES string of the molecule is O=C(O)CN[C@H](O)C1=C(O)CC2(CCCCC2)N(Cc2ccc(-c3ccccc3)cc2)C1=O. The lowest BCUT2D eigenvalue weighted by Crippen LogP contribution is -2.58. The van der Waals surface area contributed by atoms with E-state index in [2.05, 4.69) is 5.32 Å². The van der Waals surface area contributed by atoms with Gasteiger partial charge in [-0.1, -0.05) is 73.9 Å². The largest absolute Gasteiger partial charge is 0.512 e. The summed E-state index contributed by atoms with van der Waals surface area (Å²) in [5, 5.41) is 32.5. The summed E-state index contributed by atoms with van der Waals surface area (Å²) in [5.74, 6) is -1.75. The Kier molecular flexibility index (Phi) is 6.81. The minimum absolute atomic E-state index is 0.150. The molecule has 2 aromatic carbocycles. The van der Waals surface area contributed by atoms with Gasteiger partial charge in [0.2, 0.25) is 0 Å². The minimum atomic E-state index is -1.54. The van der Waals surface area contributed by atoms with Gasteiger partial charge in [-0.3, -0.25) is 14.9 Å². The third-order valence-corrected chi connectivity index (χ3v) is 6.76. The lowest BCUT2D eigenvalue weighted by Gasteiger charge is -2.50. The summed E-state index contributed by atoms with van der Waals surface area (Å²) in [6, 6.07) is 18.1. The molecule has 0 saturated heterocycles. The lowest BCUT2D eigenvalue weighted by atomic mass is 9.74. The average molecular weight is 451 g/mol. The number of benzene rings is 2. The predicted octanol–water partition coefficient (Wildman–Crippen LogP) is 3.59. The highest BCUT2D eigenvalue weighted by Crippen LogP contribution is 2.43. The summed E-state index contributed by atoms with van der Waals surface area (Å²) in [7, 11) is 0. The smallest absolute Gasteiger partial charge is 0.317 e. The quantitative estimate of drug-likeness (QED) is 0.480. The molecule has 174 valence electrons. The maximum atomic E-state index is 13.5. The van der Waals surface area contributed by atoms with E-state index in [1.165, 1.54) is 0 Å². The first-order chi connectivity index (χ1) is 15.9. The zero-order valence-corrected chi connectivity index (χ0v) is 18.5. The molecule has 1 spiro atoms. The van der Waals surface area contributed by atoms with Crippen molar-refractivity contribution in [3.05, 3.63) is 71.5 Å². The molecular formula is C26H30N2O5. The summed E-state index contributed by atoms with van der Waals surface area (Å²) < 4.78 is 0. The van der Waals surface area contributed by atoms with Crippen LogP contribution in [0.1, 0.15) is 44.1 Å². The molecule has 1 atom stereocenters. The molecule has 1 heterocycles. The van der Waals surface area contributed by atoms with Crippen molar-refractivity contribution < 1.29 is 24.9 Å². The molecule has 0 radical (unpaired) electrons. The van der Waals surface area contributed by atoms with E-state index in [4.69, 9.17) is 5.11 Å². The van der Waals surface area contributed by atoms with Gasteiger partial charge in [0.25, 0.3) is 5.91 Å². The number of aliphatic hydroxyl groups excluding tert-OH is 2. The summed E-state index contributed by atoms with van der Waals surface area (Å²) in [4.78, 5) is 26.2. The van der Waals surface area contributed by atoms with Crippen molar-refractivity contribution in [2.24, 2.45) is 0 Å². The van der Waals surface area contributed by atoms with Crippen molar-refractivity contribution in [3.8, 4) is 11.1 Å². The van der Waals surface area contributed by atoms with Crippen LogP contribution in [0.15, 0.2) is 65.9 Å². The van der Waals surface area contributed by atoms with E-state index in [-0.39, 0.29) is 17.8 Å². The van der Waals surface area contributed by atoms with Crippen LogP contribution in [-0.4, -0.2) is 50.4 Å². The molecule has 2 aliphatic rings. The van der Waals surface area contributed by atoms with Crippen molar-refractivity contribution in [1.82, 2.24) is 10.2 Å². The molecule has 1 aliphatic carbocycles. The number of aliphatic hydroxyl groups is 2. The van der Waals surface area contributed by atoms with Crippen molar-refractivity contribution in [1.29, 1.82) is 0 Å². The second-order valence-corrected chi connectivity index (χ2v) is 8.95. The van der Waals surface area contributed by atoms with Crippen LogP contribution < -0.4 is 5.32 Å². The van der Waals surface area contributed by atoms with Gasteiger partial charge in [0, 0.05) is 13.0 Å². The Morgan fingerprint density at radius 1 is 1.00 bits per heavy atom. The Balaban J connectivity index is 1.61. The van der Waals surface area contributed by atoms with Crippen LogP contribution >= 0.6 is 0 Å². The van der Waals surface area contributed by atoms with Gasteiger partial charge in [-0.15, -0.1) is 0 Å². The van der Waals surface area contributed by atoms with Gasteiger partial charge < -0.3 is 20.2 Å². The number of carbonyl (C=O) groups is 2. The summed E-state index contributed by atoms with van der Waals surface area (Å²) in [6.07, 6.45) is 3.33. The molecule has 7 nitrogen and oxygen atoms in total. The van der Waals surface area contributed by atoms with Crippen molar-refractivity contribution in [2.45, 2.75) is 56.8 Å². The average Bonchev–Trinajstić information content (AvgIpc) is 2.82. The minimum Gasteiger partial charge on any atom is -0.512 e. The van der Waals surface area contributed by atoms with Gasteiger partial charge in [0.1, 0.15) is 12.0 Å². The maximum Gasteiger partial charge on any atom is 0.317 e. The van der Waals surface area contributed by atoms with E-state index in [1.807, 2.05) is 54.6 Å². The molecule has 2 aromatic rings. The standard InChI is InChI=1S/C26H30N2O5/c29-21-15-26(13-5-2-6-14-26)28(25(33)23(21)24(32)27-16-22(30)31)17-18-9-11-20(12-10-18)19-7-3-1-4-8-19/h1,3-4,7-12,24,27,29,32H,2,5-6,13-17H2,(H,30,31)/t24-/m1/s1. The molecule has 0 aromatic heterocycles. The fourth-order valence-electron chi connectivity index (χ4n) is 5.06. The van der Waals surface area contributed by atoms with Gasteiger partial charge in [-0.05, 0) is 29.5 Å². The van der Waals surface area contributed by atoms with E-state index in [0.29, 0.717) is 6.54 Å². The Morgan fingerprint density at radius 3 is 2.27 bits per heavy atom. The highest BCUT2D eigenvalue weighted by Gasteiger charge is 2.47. The first-order valence-electron chi connectivity index (χ1n) is 11.4. The van der Waals surface area contributed by atoms with Crippen LogP contribution in [-0.2, 0) is 16.1 Å². The van der Waals surface area contributed by atoms with Gasteiger partial charge in [-0.2, -0.15) is 0 Å². The molecule has 1 fully saturated rings. The van der Waals surface area contributed by atoms with Crippen LogP contribution in [0.5, 0.6) is 0 Å². The van der Waals surface area contributed by atoms with E-state index in [9.17, 15) is 19.8 Å². The van der Waals surface area contributed by atoms with Crippen LogP contribution in [0.25, 0.3) is 11.1 Å². The summed E-state index contributed by atoms with van der Waals surface area (Å²) in [6.45, 7) is -0.159. The first kappa shape index (κ1) is 23.0. The van der Waals surface area contributed by atoms with Gasteiger partial charge in [0.05, 0.1) is 17.7 Å². The number of rotatable bonds is 7.